The first kappa shape index (κ1) is 11.1. The predicted molar refractivity (Wildman–Crippen MR) is 60.6 cm³/mol. The van der Waals surface area contributed by atoms with Crippen molar-refractivity contribution >= 4 is 5.69 Å². The second-order valence-corrected chi connectivity index (χ2v) is 4.17. The molecule has 0 saturated carbocycles. The molecule has 1 N–H and O–H groups in total. The summed E-state index contributed by atoms with van der Waals surface area (Å²) in [5.41, 5.74) is 2.27. The molecule has 0 aliphatic heterocycles. The number of nitrogens with one attached hydrogen (secondary N) is 1. The van der Waals surface area contributed by atoms with E-state index in [2.05, 4.69) is 44.3 Å². The van der Waals surface area contributed by atoms with E-state index in [9.17, 15) is 0 Å². The number of anilines is 1. The summed E-state index contributed by atoms with van der Waals surface area (Å²) in [6.45, 7) is 10.6. The van der Waals surface area contributed by atoms with Crippen LogP contribution in [-0.4, -0.2) is 16.3 Å². The van der Waals surface area contributed by atoms with Crippen LogP contribution in [0.25, 0.3) is 0 Å². The van der Waals surface area contributed by atoms with Crippen molar-refractivity contribution in [3.8, 4) is 0 Å². The molecule has 1 heterocycles. The standard InChI is InChI=1S/C11H21N3/c1-5-6-14-8-11(10(4)13-14)12-7-9(2)3/h8-9,12H,5-7H2,1-4H3. The fourth-order valence-electron chi connectivity index (χ4n) is 1.35. The maximum Gasteiger partial charge on any atom is 0.0825 e. The number of hydrogen-bond donors (Lipinski definition) is 1. The number of hydrogen-bond acceptors (Lipinski definition) is 2. The van der Waals surface area contributed by atoms with Crippen LogP contribution < -0.4 is 5.32 Å². The van der Waals surface area contributed by atoms with E-state index in [1.54, 1.807) is 0 Å². The van der Waals surface area contributed by atoms with Gasteiger partial charge in [0.25, 0.3) is 0 Å². The minimum atomic E-state index is 0.670. The molecule has 0 unspecified atom stereocenters. The zero-order chi connectivity index (χ0) is 10.6. The molecule has 14 heavy (non-hydrogen) atoms. The Morgan fingerprint density at radius 2 is 2.21 bits per heavy atom. The summed E-state index contributed by atoms with van der Waals surface area (Å²) < 4.78 is 2.01. The van der Waals surface area contributed by atoms with E-state index in [1.807, 2.05) is 4.68 Å². The van der Waals surface area contributed by atoms with E-state index in [1.165, 1.54) is 5.69 Å². The highest BCUT2D eigenvalue weighted by atomic mass is 15.3. The Balaban J connectivity index is 2.58. The van der Waals surface area contributed by atoms with Crippen LogP contribution in [0.2, 0.25) is 0 Å². The van der Waals surface area contributed by atoms with E-state index in [-0.39, 0.29) is 0 Å². The Kier molecular flexibility index (Phi) is 3.98. The quantitative estimate of drug-likeness (QED) is 0.782. The van der Waals surface area contributed by atoms with Gasteiger partial charge in [0.1, 0.15) is 0 Å². The van der Waals surface area contributed by atoms with E-state index in [0.29, 0.717) is 5.92 Å². The van der Waals surface area contributed by atoms with Gasteiger partial charge in [0.15, 0.2) is 0 Å². The average molecular weight is 195 g/mol. The lowest BCUT2D eigenvalue weighted by molar-refractivity contribution is 0.598. The third kappa shape index (κ3) is 3.05. The third-order valence-corrected chi connectivity index (χ3v) is 2.10. The van der Waals surface area contributed by atoms with E-state index in [0.717, 1.165) is 25.2 Å². The van der Waals surface area contributed by atoms with Gasteiger partial charge in [-0.05, 0) is 19.3 Å². The molecule has 1 aromatic rings. The molecular formula is C11H21N3. The Morgan fingerprint density at radius 1 is 1.50 bits per heavy atom. The number of aryl methyl sites for hydroxylation is 2. The summed E-state index contributed by atoms with van der Waals surface area (Å²) in [5, 5.41) is 7.84. The summed E-state index contributed by atoms with van der Waals surface area (Å²) in [4.78, 5) is 0. The Labute approximate surface area is 86.5 Å². The fraction of sp³-hybridized carbons (Fsp3) is 0.727. The minimum absolute atomic E-state index is 0.670. The van der Waals surface area contributed by atoms with Gasteiger partial charge in [0, 0.05) is 19.3 Å². The van der Waals surface area contributed by atoms with Gasteiger partial charge in [-0.15, -0.1) is 0 Å². The fourth-order valence-corrected chi connectivity index (χ4v) is 1.35. The number of aromatic nitrogens is 2. The number of nitrogens with zero attached hydrogens (tertiary/aromatic N) is 2. The van der Waals surface area contributed by atoms with Crippen molar-refractivity contribution in [1.82, 2.24) is 9.78 Å². The van der Waals surface area contributed by atoms with Crippen LogP contribution in [0.3, 0.4) is 0 Å². The summed E-state index contributed by atoms with van der Waals surface area (Å²) >= 11 is 0. The molecule has 0 amide bonds. The maximum absolute atomic E-state index is 4.43. The molecule has 3 nitrogen and oxygen atoms in total. The van der Waals surface area contributed by atoms with Crippen LogP contribution in [0.5, 0.6) is 0 Å². The van der Waals surface area contributed by atoms with Crippen LogP contribution >= 0.6 is 0 Å². The Morgan fingerprint density at radius 3 is 2.79 bits per heavy atom. The van der Waals surface area contributed by atoms with Crippen LogP contribution in [0.1, 0.15) is 32.9 Å². The molecule has 80 valence electrons. The van der Waals surface area contributed by atoms with Crippen molar-refractivity contribution in [1.29, 1.82) is 0 Å². The van der Waals surface area contributed by atoms with Crippen LogP contribution in [-0.2, 0) is 6.54 Å². The van der Waals surface area contributed by atoms with Crippen LogP contribution in [0, 0.1) is 12.8 Å². The van der Waals surface area contributed by atoms with Crippen molar-refractivity contribution in [2.75, 3.05) is 11.9 Å². The van der Waals surface area contributed by atoms with Crippen LogP contribution in [0.15, 0.2) is 6.20 Å². The normalized spacial score (nSPS) is 10.9. The predicted octanol–water partition coefficient (Wildman–Crippen LogP) is 2.67. The zero-order valence-corrected chi connectivity index (χ0v) is 9.67. The van der Waals surface area contributed by atoms with Crippen molar-refractivity contribution in [3.63, 3.8) is 0 Å². The first-order chi connectivity index (χ1) is 6.63. The first-order valence-corrected chi connectivity index (χ1v) is 5.41. The van der Waals surface area contributed by atoms with Crippen molar-refractivity contribution < 1.29 is 0 Å². The molecule has 0 aromatic carbocycles. The number of rotatable bonds is 5. The lowest BCUT2D eigenvalue weighted by atomic mass is 10.2. The minimum Gasteiger partial charge on any atom is -0.382 e. The molecule has 0 fully saturated rings. The first-order valence-electron chi connectivity index (χ1n) is 5.41. The van der Waals surface area contributed by atoms with Crippen molar-refractivity contribution in [2.45, 2.75) is 40.7 Å². The van der Waals surface area contributed by atoms with Gasteiger partial charge >= 0.3 is 0 Å². The molecule has 0 bridgehead atoms. The maximum atomic E-state index is 4.43. The summed E-state index contributed by atoms with van der Waals surface area (Å²) in [6.07, 6.45) is 3.23. The van der Waals surface area contributed by atoms with Gasteiger partial charge in [-0.25, -0.2) is 0 Å². The van der Waals surface area contributed by atoms with Gasteiger partial charge in [0.2, 0.25) is 0 Å². The average Bonchev–Trinajstić information content (AvgIpc) is 2.44. The molecule has 1 aromatic heterocycles. The topological polar surface area (TPSA) is 29.9 Å². The molecule has 0 spiro atoms. The highest BCUT2D eigenvalue weighted by molar-refractivity contribution is 5.45. The van der Waals surface area contributed by atoms with Gasteiger partial charge in [-0.3, -0.25) is 4.68 Å². The van der Waals surface area contributed by atoms with Gasteiger partial charge in [-0.1, -0.05) is 20.8 Å². The molecular weight excluding hydrogens is 174 g/mol. The van der Waals surface area contributed by atoms with Crippen molar-refractivity contribution in [3.05, 3.63) is 11.9 Å². The lowest BCUT2D eigenvalue weighted by Gasteiger charge is -2.06. The summed E-state index contributed by atoms with van der Waals surface area (Å²) in [7, 11) is 0. The zero-order valence-electron chi connectivity index (χ0n) is 9.67. The molecule has 0 atom stereocenters. The van der Waals surface area contributed by atoms with Crippen LogP contribution in [0.4, 0.5) is 5.69 Å². The molecule has 0 aliphatic rings. The van der Waals surface area contributed by atoms with Gasteiger partial charge in [-0.2, -0.15) is 5.10 Å². The third-order valence-electron chi connectivity index (χ3n) is 2.10. The summed E-state index contributed by atoms with van der Waals surface area (Å²) in [5.74, 6) is 0.670. The second kappa shape index (κ2) is 5.03. The molecule has 0 aliphatic carbocycles. The van der Waals surface area contributed by atoms with E-state index < -0.39 is 0 Å². The van der Waals surface area contributed by atoms with E-state index >= 15 is 0 Å². The van der Waals surface area contributed by atoms with Gasteiger partial charge < -0.3 is 5.32 Å². The second-order valence-electron chi connectivity index (χ2n) is 4.17. The highest BCUT2D eigenvalue weighted by Crippen LogP contribution is 2.13. The smallest absolute Gasteiger partial charge is 0.0825 e. The molecule has 3 heteroatoms. The Hall–Kier alpha value is -0.990. The SMILES string of the molecule is CCCn1cc(NCC(C)C)c(C)n1. The molecule has 1 rings (SSSR count). The highest BCUT2D eigenvalue weighted by Gasteiger charge is 2.03. The monoisotopic (exact) mass is 195 g/mol. The largest absolute Gasteiger partial charge is 0.382 e. The van der Waals surface area contributed by atoms with E-state index in [4.69, 9.17) is 0 Å². The van der Waals surface area contributed by atoms with Gasteiger partial charge in [0.05, 0.1) is 11.4 Å². The molecule has 0 saturated heterocycles. The lowest BCUT2D eigenvalue weighted by Crippen LogP contribution is -2.07. The molecule has 0 radical (unpaired) electrons. The Bertz CT molecular complexity index is 276. The summed E-state index contributed by atoms with van der Waals surface area (Å²) in [6, 6.07) is 0. The van der Waals surface area contributed by atoms with Crippen molar-refractivity contribution in [2.24, 2.45) is 5.92 Å².